The summed E-state index contributed by atoms with van der Waals surface area (Å²) in [7, 11) is 0. The monoisotopic (exact) mass is 577 g/mol. The Bertz CT molecular complexity index is 2460. The van der Waals surface area contributed by atoms with Crippen LogP contribution in [0.15, 0.2) is 173 Å². The number of anilines is 3. The van der Waals surface area contributed by atoms with Gasteiger partial charge < -0.3 is 13.7 Å². The minimum absolute atomic E-state index is 0.831. The third-order valence-corrected chi connectivity index (χ3v) is 8.66. The molecule has 3 heteroatoms. The van der Waals surface area contributed by atoms with Gasteiger partial charge in [-0.2, -0.15) is 0 Å². The molecule has 0 N–H and O–H groups in total. The number of para-hydroxylation sites is 3. The summed E-state index contributed by atoms with van der Waals surface area (Å²) in [5.41, 5.74) is 11.0. The first-order valence-corrected chi connectivity index (χ1v) is 15.2. The molecule has 212 valence electrons. The highest BCUT2D eigenvalue weighted by Crippen LogP contribution is 2.48. The Labute approximate surface area is 260 Å². The highest BCUT2D eigenvalue weighted by atomic mass is 16.3. The van der Waals surface area contributed by atoms with Gasteiger partial charge in [0.2, 0.25) is 0 Å². The van der Waals surface area contributed by atoms with Crippen LogP contribution in [0.1, 0.15) is 0 Å². The Morgan fingerprint density at radius 2 is 0.978 bits per heavy atom. The van der Waals surface area contributed by atoms with Crippen LogP contribution in [-0.4, -0.2) is 0 Å². The zero-order chi connectivity index (χ0) is 29.7. The standard InChI is InChI=1S/C42H27NO2/c1-4-13-28(14-5-1)29-23-25-32(26-24-29)43(31-17-8-3-9-18-31)36-21-12-20-33-35-27-38-40(34-19-10-11-22-37(34)44-38)39(42(35)45-41(33)36)30-15-6-2-7-16-30/h1-27H. The zero-order valence-electron chi connectivity index (χ0n) is 24.4. The highest BCUT2D eigenvalue weighted by molar-refractivity contribution is 6.24. The molecule has 0 aliphatic rings. The lowest BCUT2D eigenvalue weighted by atomic mass is 9.96. The van der Waals surface area contributed by atoms with Gasteiger partial charge >= 0.3 is 0 Å². The maximum absolute atomic E-state index is 7.03. The molecule has 9 aromatic rings. The van der Waals surface area contributed by atoms with Crippen LogP contribution in [0.25, 0.3) is 66.1 Å². The average molecular weight is 578 g/mol. The van der Waals surface area contributed by atoms with Crippen molar-refractivity contribution >= 4 is 60.9 Å². The van der Waals surface area contributed by atoms with Crippen molar-refractivity contribution in [2.75, 3.05) is 4.90 Å². The summed E-state index contributed by atoms with van der Waals surface area (Å²) in [6, 6.07) is 57.0. The zero-order valence-corrected chi connectivity index (χ0v) is 24.4. The molecule has 0 amide bonds. The van der Waals surface area contributed by atoms with Crippen LogP contribution in [0.4, 0.5) is 17.1 Å². The van der Waals surface area contributed by atoms with Crippen molar-refractivity contribution in [2.45, 2.75) is 0 Å². The van der Waals surface area contributed by atoms with Gasteiger partial charge in [0.15, 0.2) is 5.58 Å². The molecule has 0 bridgehead atoms. The van der Waals surface area contributed by atoms with Gasteiger partial charge in [-0.25, -0.2) is 0 Å². The van der Waals surface area contributed by atoms with Crippen molar-refractivity contribution in [1.29, 1.82) is 0 Å². The number of furan rings is 2. The van der Waals surface area contributed by atoms with E-state index in [1.54, 1.807) is 0 Å². The van der Waals surface area contributed by atoms with Crippen molar-refractivity contribution in [3.05, 3.63) is 164 Å². The van der Waals surface area contributed by atoms with Crippen molar-refractivity contribution in [3.8, 4) is 22.3 Å². The first-order valence-electron chi connectivity index (χ1n) is 15.2. The SMILES string of the molecule is c1ccc(-c2ccc(N(c3ccccc3)c3cccc4c3oc3c(-c5ccccc5)c5c(cc34)oc3ccccc35)cc2)cc1. The molecule has 0 radical (unpaired) electrons. The third kappa shape index (κ3) is 4.13. The fourth-order valence-corrected chi connectivity index (χ4v) is 6.62. The van der Waals surface area contributed by atoms with Gasteiger partial charge in [-0.3, -0.25) is 0 Å². The second-order valence-electron chi connectivity index (χ2n) is 11.3. The van der Waals surface area contributed by atoms with Crippen molar-refractivity contribution in [2.24, 2.45) is 0 Å². The molecule has 0 unspecified atom stereocenters. The summed E-state index contributed by atoms with van der Waals surface area (Å²) >= 11 is 0. The molecular formula is C42H27NO2. The lowest BCUT2D eigenvalue weighted by Crippen LogP contribution is -2.10. The smallest absolute Gasteiger partial charge is 0.159 e. The molecule has 0 saturated heterocycles. The minimum atomic E-state index is 0.831. The Kier molecular flexibility index (Phi) is 5.82. The molecule has 0 aliphatic carbocycles. The summed E-state index contributed by atoms with van der Waals surface area (Å²) in [4.78, 5) is 2.28. The van der Waals surface area contributed by atoms with E-state index in [0.717, 1.165) is 72.1 Å². The summed E-state index contributed by atoms with van der Waals surface area (Å²) < 4.78 is 13.5. The van der Waals surface area contributed by atoms with E-state index in [0.29, 0.717) is 0 Å². The van der Waals surface area contributed by atoms with E-state index in [4.69, 9.17) is 8.83 Å². The summed E-state index contributed by atoms with van der Waals surface area (Å²) in [5.74, 6) is 0. The maximum atomic E-state index is 7.03. The van der Waals surface area contributed by atoms with E-state index >= 15 is 0 Å². The predicted octanol–water partition coefficient (Wildman–Crippen LogP) is 12.3. The second kappa shape index (κ2) is 10.3. The van der Waals surface area contributed by atoms with Crippen LogP contribution in [0, 0.1) is 0 Å². The largest absolute Gasteiger partial charge is 0.456 e. The second-order valence-corrected chi connectivity index (χ2v) is 11.3. The van der Waals surface area contributed by atoms with E-state index in [2.05, 4.69) is 138 Å². The van der Waals surface area contributed by atoms with E-state index in [1.807, 2.05) is 30.3 Å². The number of fused-ring (bicyclic) bond motifs is 6. The Morgan fingerprint density at radius 3 is 1.73 bits per heavy atom. The molecule has 0 fully saturated rings. The van der Waals surface area contributed by atoms with Crippen LogP contribution in [-0.2, 0) is 0 Å². The molecule has 9 rings (SSSR count). The Balaban J connectivity index is 1.32. The normalized spacial score (nSPS) is 11.6. The number of benzene rings is 7. The number of nitrogens with zero attached hydrogens (tertiary/aromatic N) is 1. The summed E-state index contributed by atoms with van der Waals surface area (Å²) in [6.45, 7) is 0. The van der Waals surface area contributed by atoms with Gasteiger partial charge in [0, 0.05) is 38.5 Å². The topological polar surface area (TPSA) is 29.5 Å². The van der Waals surface area contributed by atoms with Gasteiger partial charge in [-0.1, -0.05) is 121 Å². The minimum Gasteiger partial charge on any atom is -0.456 e. The lowest BCUT2D eigenvalue weighted by molar-refractivity contribution is 0.665. The number of hydrogen-bond donors (Lipinski definition) is 0. The van der Waals surface area contributed by atoms with E-state index in [9.17, 15) is 0 Å². The van der Waals surface area contributed by atoms with Gasteiger partial charge in [0.25, 0.3) is 0 Å². The Hall–Kier alpha value is -6.06. The number of hydrogen-bond acceptors (Lipinski definition) is 3. The quantitative estimate of drug-likeness (QED) is 0.204. The van der Waals surface area contributed by atoms with Crippen LogP contribution < -0.4 is 4.90 Å². The molecule has 0 saturated carbocycles. The number of rotatable bonds is 5. The molecule has 2 heterocycles. The Morgan fingerprint density at radius 1 is 0.378 bits per heavy atom. The molecule has 3 nitrogen and oxygen atoms in total. The fraction of sp³-hybridized carbons (Fsp3) is 0. The van der Waals surface area contributed by atoms with E-state index < -0.39 is 0 Å². The van der Waals surface area contributed by atoms with Gasteiger partial charge in [0.05, 0.1) is 5.69 Å². The van der Waals surface area contributed by atoms with Crippen LogP contribution in [0.3, 0.4) is 0 Å². The predicted molar refractivity (Wildman–Crippen MR) is 187 cm³/mol. The lowest BCUT2D eigenvalue weighted by Gasteiger charge is -2.25. The fourth-order valence-electron chi connectivity index (χ4n) is 6.62. The molecule has 0 aliphatic heterocycles. The van der Waals surface area contributed by atoms with Gasteiger partial charge in [0.1, 0.15) is 16.7 Å². The molecule has 0 atom stereocenters. The first-order chi connectivity index (χ1) is 22.3. The van der Waals surface area contributed by atoms with Crippen LogP contribution in [0.2, 0.25) is 0 Å². The van der Waals surface area contributed by atoms with Crippen LogP contribution in [0.5, 0.6) is 0 Å². The summed E-state index contributed by atoms with van der Waals surface area (Å²) in [5, 5.41) is 4.23. The van der Waals surface area contributed by atoms with Gasteiger partial charge in [-0.05, 0) is 59.2 Å². The first kappa shape index (κ1) is 25.4. The molecule has 2 aromatic heterocycles. The van der Waals surface area contributed by atoms with Gasteiger partial charge in [-0.15, -0.1) is 0 Å². The summed E-state index contributed by atoms with van der Waals surface area (Å²) in [6.07, 6.45) is 0. The highest BCUT2D eigenvalue weighted by Gasteiger charge is 2.24. The van der Waals surface area contributed by atoms with Crippen molar-refractivity contribution in [1.82, 2.24) is 0 Å². The maximum Gasteiger partial charge on any atom is 0.159 e. The van der Waals surface area contributed by atoms with E-state index in [1.165, 1.54) is 11.1 Å². The van der Waals surface area contributed by atoms with Crippen LogP contribution >= 0.6 is 0 Å². The van der Waals surface area contributed by atoms with Crippen molar-refractivity contribution < 1.29 is 8.83 Å². The average Bonchev–Trinajstić information content (AvgIpc) is 3.67. The molecular weight excluding hydrogens is 550 g/mol. The van der Waals surface area contributed by atoms with Crippen molar-refractivity contribution in [3.63, 3.8) is 0 Å². The third-order valence-electron chi connectivity index (χ3n) is 8.66. The molecule has 7 aromatic carbocycles. The van der Waals surface area contributed by atoms with E-state index in [-0.39, 0.29) is 0 Å². The molecule has 0 spiro atoms. The molecule has 45 heavy (non-hydrogen) atoms.